The largest absolute Gasteiger partial charge is 0.297 e. The molecule has 0 aliphatic rings. The fourth-order valence-corrected chi connectivity index (χ4v) is 3.07. The van der Waals surface area contributed by atoms with Gasteiger partial charge in [-0.15, -0.1) is 0 Å². The summed E-state index contributed by atoms with van der Waals surface area (Å²) >= 11 is 0. The Morgan fingerprint density at radius 2 is 1.52 bits per heavy atom. The van der Waals surface area contributed by atoms with Gasteiger partial charge in [-0.2, -0.15) is 0 Å². The van der Waals surface area contributed by atoms with Gasteiger partial charge >= 0.3 is 0 Å². The quantitative estimate of drug-likeness (QED) is 0.422. The van der Waals surface area contributed by atoms with Gasteiger partial charge in [0.25, 0.3) is 5.56 Å². The van der Waals surface area contributed by atoms with Gasteiger partial charge in [0.15, 0.2) is 5.78 Å². The second kappa shape index (κ2) is 10.7. The van der Waals surface area contributed by atoms with Gasteiger partial charge in [-0.3, -0.25) is 14.7 Å². The third kappa shape index (κ3) is 6.04. The third-order valence-corrected chi connectivity index (χ3v) is 4.59. The molecular formula is C21H30N2O2. The summed E-state index contributed by atoms with van der Waals surface area (Å²) in [6, 6.07) is 9.31. The number of hydrogen-bond donors (Lipinski definition) is 1. The highest BCUT2D eigenvalue weighted by atomic mass is 16.2. The molecule has 4 heteroatoms. The molecule has 0 saturated carbocycles. The topological polar surface area (TPSA) is 54.9 Å². The van der Waals surface area contributed by atoms with Gasteiger partial charge in [-0.05, 0) is 18.6 Å². The highest BCUT2D eigenvalue weighted by Gasteiger charge is 2.14. The summed E-state index contributed by atoms with van der Waals surface area (Å²) in [6.07, 6.45) is 12.9. The fraction of sp³-hybridized carbons (Fsp3) is 0.524. The number of hydrogen-bond acceptors (Lipinski definition) is 2. The van der Waals surface area contributed by atoms with E-state index >= 15 is 0 Å². The minimum Gasteiger partial charge on any atom is -0.297 e. The molecule has 2 rings (SSSR count). The van der Waals surface area contributed by atoms with Crippen LogP contribution in [0.25, 0.3) is 5.69 Å². The first-order valence-electron chi connectivity index (χ1n) is 9.63. The molecule has 1 heterocycles. The lowest BCUT2D eigenvalue weighted by atomic mass is 10.0. The van der Waals surface area contributed by atoms with E-state index in [4.69, 9.17) is 0 Å². The molecule has 2 aromatic rings. The third-order valence-electron chi connectivity index (χ3n) is 4.59. The molecule has 0 saturated heterocycles. The Morgan fingerprint density at radius 3 is 2.16 bits per heavy atom. The van der Waals surface area contributed by atoms with Gasteiger partial charge in [-0.1, -0.05) is 76.5 Å². The fourth-order valence-electron chi connectivity index (χ4n) is 3.07. The molecule has 1 N–H and O–H groups in total. The average Bonchev–Trinajstić information content (AvgIpc) is 3.02. The first-order valence-corrected chi connectivity index (χ1v) is 9.63. The van der Waals surface area contributed by atoms with E-state index in [1.807, 2.05) is 30.3 Å². The first-order chi connectivity index (χ1) is 12.2. The van der Waals surface area contributed by atoms with Crippen molar-refractivity contribution >= 4 is 5.78 Å². The van der Waals surface area contributed by atoms with Crippen LogP contribution in [0, 0.1) is 0 Å². The Bertz CT molecular complexity index is 685. The molecule has 0 unspecified atom stereocenters. The Balaban J connectivity index is 1.72. The lowest BCUT2D eigenvalue weighted by Crippen LogP contribution is -2.20. The number of nitrogens with one attached hydrogen (secondary N) is 1. The SMILES string of the molecule is CCCCCCCCCCCC(=O)c1c[nH]n(-c2ccccc2)c1=O. The number of rotatable bonds is 12. The molecule has 0 bridgehead atoms. The van der Waals surface area contributed by atoms with Crippen molar-refractivity contribution in [2.75, 3.05) is 0 Å². The van der Waals surface area contributed by atoms with Crippen molar-refractivity contribution in [3.63, 3.8) is 0 Å². The molecule has 136 valence electrons. The van der Waals surface area contributed by atoms with Crippen LogP contribution in [0.5, 0.6) is 0 Å². The molecule has 0 radical (unpaired) electrons. The molecular weight excluding hydrogens is 312 g/mol. The summed E-state index contributed by atoms with van der Waals surface area (Å²) in [7, 11) is 0. The van der Waals surface area contributed by atoms with Crippen LogP contribution in [0.4, 0.5) is 0 Å². The van der Waals surface area contributed by atoms with E-state index in [1.165, 1.54) is 55.8 Å². The Kier molecular flexibility index (Phi) is 8.23. The molecule has 1 aromatic heterocycles. The van der Waals surface area contributed by atoms with Crippen molar-refractivity contribution in [1.82, 2.24) is 9.78 Å². The van der Waals surface area contributed by atoms with Crippen LogP contribution in [0.1, 0.15) is 81.5 Å². The van der Waals surface area contributed by atoms with Gasteiger partial charge in [0.2, 0.25) is 0 Å². The van der Waals surface area contributed by atoms with Crippen LogP contribution >= 0.6 is 0 Å². The number of H-pyrrole nitrogens is 1. The Labute approximate surface area is 150 Å². The molecule has 0 amide bonds. The average molecular weight is 342 g/mol. The number of Topliss-reactive ketones (excluding diaryl/α,β-unsaturated/α-hetero) is 1. The van der Waals surface area contributed by atoms with Crippen LogP contribution < -0.4 is 5.56 Å². The normalized spacial score (nSPS) is 10.9. The van der Waals surface area contributed by atoms with E-state index in [9.17, 15) is 9.59 Å². The van der Waals surface area contributed by atoms with Crippen molar-refractivity contribution in [2.45, 2.75) is 71.1 Å². The number of para-hydroxylation sites is 1. The van der Waals surface area contributed by atoms with Gasteiger partial charge < -0.3 is 0 Å². The molecule has 4 nitrogen and oxygen atoms in total. The van der Waals surface area contributed by atoms with Gasteiger partial charge in [0, 0.05) is 12.6 Å². The van der Waals surface area contributed by atoms with Crippen molar-refractivity contribution in [3.05, 3.63) is 52.4 Å². The zero-order valence-electron chi connectivity index (χ0n) is 15.3. The molecule has 0 fully saturated rings. The number of nitrogens with zero attached hydrogens (tertiary/aromatic N) is 1. The van der Waals surface area contributed by atoms with E-state index in [0.29, 0.717) is 6.42 Å². The predicted molar refractivity (Wildman–Crippen MR) is 103 cm³/mol. The molecule has 1 aromatic carbocycles. The van der Waals surface area contributed by atoms with Crippen LogP contribution in [0.2, 0.25) is 0 Å². The van der Waals surface area contributed by atoms with Crippen molar-refractivity contribution in [3.8, 4) is 5.69 Å². The summed E-state index contributed by atoms with van der Waals surface area (Å²) in [6.45, 7) is 2.23. The molecule has 0 aliphatic heterocycles. The minimum absolute atomic E-state index is 0.0566. The highest BCUT2D eigenvalue weighted by molar-refractivity contribution is 5.95. The maximum absolute atomic E-state index is 12.4. The van der Waals surface area contributed by atoms with E-state index in [0.717, 1.165) is 18.5 Å². The van der Waals surface area contributed by atoms with Crippen LogP contribution in [0.15, 0.2) is 41.3 Å². The second-order valence-electron chi connectivity index (χ2n) is 6.66. The Hall–Kier alpha value is -2.10. The van der Waals surface area contributed by atoms with Crippen LogP contribution in [-0.2, 0) is 0 Å². The summed E-state index contributed by atoms with van der Waals surface area (Å²) in [5.41, 5.74) is 0.755. The van der Waals surface area contributed by atoms with Gasteiger partial charge in [0.1, 0.15) is 5.56 Å². The molecule has 0 aliphatic carbocycles. The second-order valence-corrected chi connectivity index (χ2v) is 6.66. The molecule has 25 heavy (non-hydrogen) atoms. The monoisotopic (exact) mass is 342 g/mol. The number of aromatic amines is 1. The smallest absolute Gasteiger partial charge is 0.282 e. The van der Waals surface area contributed by atoms with E-state index < -0.39 is 0 Å². The van der Waals surface area contributed by atoms with E-state index in [1.54, 1.807) is 0 Å². The number of carbonyl (C=O) groups is 1. The zero-order chi connectivity index (χ0) is 17.9. The first kappa shape index (κ1) is 19.2. The van der Waals surface area contributed by atoms with Crippen molar-refractivity contribution < 1.29 is 4.79 Å². The highest BCUT2D eigenvalue weighted by Crippen LogP contribution is 2.12. The summed E-state index contributed by atoms with van der Waals surface area (Å²) < 4.78 is 1.42. The lowest BCUT2D eigenvalue weighted by molar-refractivity contribution is 0.0978. The van der Waals surface area contributed by atoms with Crippen LogP contribution in [0.3, 0.4) is 0 Å². The predicted octanol–water partition coefficient (Wildman–Crippen LogP) is 5.27. The summed E-state index contributed by atoms with van der Waals surface area (Å²) in [4.78, 5) is 24.7. The Morgan fingerprint density at radius 1 is 0.920 bits per heavy atom. The number of benzene rings is 1. The van der Waals surface area contributed by atoms with Crippen molar-refractivity contribution in [2.24, 2.45) is 0 Å². The zero-order valence-corrected chi connectivity index (χ0v) is 15.3. The standard InChI is InChI=1S/C21H30N2O2/c1-2-3-4-5-6-7-8-9-13-16-20(24)19-17-22-23(21(19)25)18-14-11-10-12-15-18/h10-12,14-15,17,22H,2-9,13,16H2,1H3. The maximum atomic E-state index is 12.4. The number of carbonyl (C=O) groups excluding carboxylic acids is 1. The van der Waals surface area contributed by atoms with Gasteiger partial charge in [-0.25, -0.2) is 4.68 Å². The van der Waals surface area contributed by atoms with E-state index in [2.05, 4.69) is 12.0 Å². The minimum atomic E-state index is -0.257. The van der Waals surface area contributed by atoms with Crippen LogP contribution in [-0.4, -0.2) is 15.6 Å². The number of aromatic nitrogens is 2. The molecule has 0 atom stereocenters. The number of unbranched alkanes of at least 4 members (excludes halogenated alkanes) is 8. The number of ketones is 1. The maximum Gasteiger partial charge on any atom is 0.282 e. The summed E-state index contributed by atoms with van der Waals surface area (Å²) in [5, 5.41) is 2.89. The lowest BCUT2D eigenvalue weighted by Gasteiger charge is -2.01. The van der Waals surface area contributed by atoms with Gasteiger partial charge in [0.05, 0.1) is 5.69 Å². The van der Waals surface area contributed by atoms with E-state index in [-0.39, 0.29) is 16.9 Å². The summed E-state index contributed by atoms with van der Waals surface area (Å²) in [5.74, 6) is -0.0566. The molecule has 0 spiro atoms. The van der Waals surface area contributed by atoms with Crippen molar-refractivity contribution in [1.29, 1.82) is 0 Å².